The van der Waals surface area contributed by atoms with E-state index >= 15 is 0 Å². The quantitative estimate of drug-likeness (QED) is 0.0374. The summed E-state index contributed by atoms with van der Waals surface area (Å²) in [5.41, 5.74) is 4.56. The third-order valence-corrected chi connectivity index (χ3v) is 10.6. The molecule has 0 spiro atoms. The number of rotatable bonds is 22. The van der Waals surface area contributed by atoms with Gasteiger partial charge in [0.15, 0.2) is 19.7 Å². The predicted molar refractivity (Wildman–Crippen MR) is 246 cm³/mol. The number of carbonyl (C=O) groups is 2. The molecular weight excluding hydrogens is 947 g/mol. The fraction of sp³-hybridized carbons (Fsp3) is 0.409. The maximum Gasteiger partial charge on any atom is 2.00 e. The van der Waals surface area contributed by atoms with Crippen molar-refractivity contribution in [2.75, 3.05) is 34.9 Å². The van der Waals surface area contributed by atoms with Crippen LogP contribution in [0.15, 0.2) is 60.7 Å². The Morgan fingerprint density at radius 3 is 1.21 bits per heavy atom. The van der Waals surface area contributed by atoms with Crippen LogP contribution in [0.2, 0.25) is 0 Å². The molecule has 0 radical (unpaired) electrons. The van der Waals surface area contributed by atoms with E-state index in [-0.39, 0.29) is 86.1 Å². The Balaban J connectivity index is 0.000000453. The van der Waals surface area contributed by atoms with Crippen molar-refractivity contribution in [3.8, 4) is 22.5 Å². The van der Waals surface area contributed by atoms with Crippen molar-refractivity contribution in [3.63, 3.8) is 0 Å². The second-order valence-corrected chi connectivity index (χ2v) is 20.3. The molecule has 2 aromatic heterocycles. The number of halogens is 2. The van der Waals surface area contributed by atoms with E-state index in [2.05, 4.69) is 30.6 Å². The second-order valence-electron chi connectivity index (χ2n) is 16.0. The van der Waals surface area contributed by atoms with Gasteiger partial charge < -0.3 is 50.9 Å². The van der Waals surface area contributed by atoms with Gasteiger partial charge in [-0.3, -0.25) is 0 Å². The first-order valence-corrected chi connectivity index (χ1v) is 24.6. The first-order valence-electron chi connectivity index (χ1n) is 20.4. The molecule has 4 aromatic rings. The molecule has 67 heavy (non-hydrogen) atoms. The molecule has 6 N–H and O–H groups in total. The number of nitrogens with one attached hydrogen (secondary N) is 2. The summed E-state index contributed by atoms with van der Waals surface area (Å²) in [7, 11) is -6.66. The van der Waals surface area contributed by atoms with Gasteiger partial charge in [-0.15, -0.1) is 0 Å². The van der Waals surface area contributed by atoms with Crippen LogP contribution in [0.1, 0.15) is 101 Å². The monoisotopic (exact) mass is 1000 g/mol. The van der Waals surface area contributed by atoms with E-state index in [1.165, 1.54) is 24.3 Å². The third kappa shape index (κ3) is 19.5. The van der Waals surface area contributed by atoms with Crippen molar-refractivity contribution in [2.45, 2.75) is 89.6 Å². The average molecular weight is 1000 g/mol. The second kappa shape index (κ2) is 25.7. The fourth-order valence-electron chi connectivity index (χ4n) is 5.93. The number of unbranched alkanes of at least 4 members (excludes halogenated alkanes) is 2. The number of carboxylic acids is 2. The SMILES string of the molecule is CC(C)c1nc(NCS(C)(=O)=O)nc(-c2ccc(F)cc2)c1C=CCCCC(O)(O)C(=O)[O-].CC(C)c1nc(NCS(C)(=O)=O)nc(-c2ccc(F)cc2)c1C=CCCCC(O)(O)C(=O)[O-].[Ca+2]. The van der Waals surface area contributed by atoms with E-state index in [0.717, 1.165) is 12.5 Å². The van der Waals surface area contributed by atoms with Gasteiger partial charge in [-0.25, -0.2) is 45.6 Å². The van der Waals surface area contributed by atoms with Gasteiger partial charge >= 0.3 is 37.7 Å². The molecule has 0 saturated heterocycles. The van der Waals surface area contributed by atoms with Gasteiger partial charge in [0.25, 0.3) is 0 Å². The van der Waals surface area contributed by atoms with Crippen LogP contribution >= 0.6 is 0 Å². The standard InChI is InChI=1S/2C22H28FN3O6S.Ca/c2*1-14(2)18-17(7-5-4-6-12-22(29,30)20(27)28)19(15-8-10-16(23)11-9-15)26-21(25-18)24-13-33(3,31)32;/h2*5,7-11,14,29-30H,4,6,12-13H2,1-3H3,(H,27,28)(H,24,25,26);/q;;+2/p-2. The number of aliphatic hydroxyl groups is 4. The average Bonchev–Trinajstić information content (AvgIpc) is 3.22. The zero-order valence-corrected chi connectivity index (χ0v) is 41.7. The van der Waals surface area contributed by atoms with Gasteiger partial charge in [0.2, 0.25) is 23.5 Å². The van der Waals surface area contributed by atoms with Crippen molar-refractivity contribution in [2.24, 2.45) is 0 Å². The molecule has 4 rings (SSSR count). The molecule has 18 nitrogen and oxygen atoms in total. The van der Waals surface area contributed by atoms with Gasteiger partial charge in [-0.05, 0) is 86.1 Å². The van der Waals surface area contributed by atoms with Crippen molar-refractivity contribution >= 4 is 93.4 Å². The Kier molecular flexibility index (Phi) is 22.5. The molecule has 0 amide bonds. The summed E-state index contributed by atoms with van der Waals surface area (Å²) >= 11 is 0. The van der Waals surface area contributed by atoms with Crippen LogP contribution in [0.25, 0.3) is 34.7 Å². The molecule has 0 fully saturated rings. The van der Waals surface area contributed by atoms with Crippen molar-refractivity contribution < 1.29 is 65.8 Å². The number of allylic oxidation sites excluding steroid dienone is 2. The summed E-state index contributed by atoms with van der Waals surface area (Å²) in [4.78, 5) is 39.2. The van der Waals surface area contributed by atoms with Gasteiger partial charge in [0.05, 0.1) is 22.8 Å². The minimum Gasteiger partial charge on any atom is -0.544 e. The van der Waals surface area contributed by atoms with E-state index in [9.17, 15) is 65.8 Å². The Morgan fingerprint density at radius 1 is 0.627 bits per heavy atom. The zero-order valence-electron chi connectivity index (χ0n) is 37.9. The summed E-state index contributed by atoms with van der Waals surface area (Å²) in [5.74, 6) is -11.2. The maximum atomic E-state index is 13.5. The molecule has 0 saturated carbocycles. The zero-order chi connectivity index (χ0) is 49.6. The minimum atomic E-state index is -3.33. The summed E-state index contributed by atoms with van der Waals surface area (Å²) in [5, 5.41) is 64.2. The van der Waals surface area contributed by atoms with E-state index in [1.807, 2.05) is 27.7 Å². The Labute approximate surface area is 418 Å². The van der Waals surface area contributed by atoms with Crippen LogP contribution in [-0.4, -0.2) is 143 Å². The van der Waals surface area contributed by atoms with Crippen LogP contribution in [-0.2, 0) is 29.3 Å². The molecular formula is C44H54CaF2N6O12S2. The maximum absolute atomic E-state index is 13.5. The Hall–Kier alpha value is -4.52. The van der Waals surface area contributed by atoms with Gasteiger partial charge in [-0.2, -0.15) is 0 Å². The predicted octanol–water partition coefficient (Wildman–Crippen LogP) is 2.49. The first kappa shape index (κ1) is 58.6. The Morgan fingerprint density at radius 2 is 0.940 bits per heavy atom. The van der Waals surface area contributed by atoms with Crippen LogP contribution in [0.5, 0.6) is 0 Å². The van der Waals surface area contributed by atoms with Crippen molar-refractivity contribution in [1.29, 1.82) is 0 Å². The number of benzene rings is 2. The molecule has 0 atom stereocenters. The molecule has 2 heterocycles. The molecule has 0 bridgehead atoms. The number of carboxylic acid groups (broad SMARTS) is 2. The summed E-state index contributed by atoms with van der Waals surface area (Å²) in [6.45, 7) is 7.61. The number of hydrogen-bond donors (Lipinski definition) is 6. The van der Waals surface area contributed by atoms with E-state index in [1.54, 1.807) is 48.6 Å². The number of aliphatic carboxylic acids is 2. The topological polar surface area (TPSA) is 305 Å². The molecule has 360 valence electrons. The third-order valence-electron chi connectivity index (χ3n) is 9.28. The summed E-state index contributed by atoms with van der Waals surface area (Å²) in [6.07, 6.45) is 9.19. The number of nitrogens with zero attached hydrogens (tertiary/aromatic N) is 4. The molecule has 23 heteroatoms. The van der Waals surface area contributed by atoms with E-state index in [0.29, 0.717) is 57.9 Å². The molecule has 0 aliphatic rings. The molecule has 0 aliphatic heterocycles. The number of hydrogen-bond acceptors (Lipinski definition) is 18. The van der Waals surface area contributed by atoms with Crippen LogP contribution in [0.3, 0.4) is 0 Å². The van der Waals surface area contributed by atoms with E-state index < -0.39 is 67.7 Å². The van der Waals surface area contributed by atoms with Crippen LogP contribution < -0.4 is 20.8 Å². The van der Waals surface area contributed by atoms with Crippen LogP contribution in [0.4, 0.5) is 20.7 Å². The first-order chi connectivity index (χ1) is 30.6. The van der Waals surface area contributed by atoms with Crippen molar-refractivity contribution in [1.82, 2.24) is 19.9 Å². The minimum absolute atomic E-state index is 0. The smallest absolute Gasteiger partial charge is 0.544 e. The van der Waals surface area contributed by atoms with Crippen LogP contribution in [0, 0.1) is 11.6 Å². The number of sulfone groups is 2. The molecule has 0 aliphatic carbocycles. The normalized spacial score (nSPS) is 12.3. The number of carbonyl (C=O) groups excluding carboxylic acids is 2. The largest absolute Gasteiger partial charge is 2.00 e. The summed E-state index contributed by atoms with van der Waals surface area (Å²) < 4.78 is 73.1. The summed E-state index contributed by atoms with van der Waals surface area (Å²) in [6, 6.07) is 11.3. The van der Waals surface area contributed by atoms with Gasteiger partial charge in [0, 0.05) is 47.6 Å². The fourth-order valence-corrected chi connectivity index (χ4v) is 6.71. The van der Waals surface area contributed by atoms with Crippen molar-refractivity contribution in [3.05, 3.63) is 94.8 Å². The van der Waals surface area contributed by atoms with Gasteiger partial charge in [0.1, 0.15) is 35.3 Å². The number of aromatic nitrogens is 4. The Bertz CT molecular complexity index is 2420. The number of anilines is 2. The van der Waals surface area contributed by atoms with Gasteiger partial charge in [-0.1, -0.05) is 52.0 Å². The van der Waals surface area contributed by atoms with E-state index in [4.69, 9.17) is 0 Å². The molecule has 2 aromatic carbocycles. The molecule has 0 unspecified atom stereocenters.